The monoisotopic (exact) mass is 383 g/mol. The summed E-state index contributed by atoms with van der Waals surface area (Å²) >= 11 is 0. The summed E-state index contributed by atoms with van der Waals surface area (Å²) < 4.78 is 2.13. The van der Waals surface area contributed by atoms with Gasteiger partial charge in [-0.25, -0.2) is 0 Å². The lowest BCUT2D eigenvalue weighted by Crippen LogP contribution is -2.03. The van der Waals surface area contributed by atoms with Crippen molar-refractivity contribution in [3.05, 3.63) is 102 Å². The fourth-order valence-electron chi connectivity index (χ4n) is 4.30. The van der Waals surface area contributed by atoms with Gasteiger partial charge in [0.05, 0.1) is 33.9 Å². The maximum atomic E-state index is 10.0. The van der Waals surface area contributed by atoms with E-state index in [1.54, 1.807) is 12.1 Å². The Morgan fingerprint density at radius 2 is 1.17 bits per heavy atom. The average Bonchev–Trinajstić information content (AvgIpc) is 3.13. The van der Waals surface area contributed by atoms with Crippen molar-refractivity contribution in [1.29, 1.82) is 10.5 Å². The molecule has 0 atom stereocenters. The molecular weight excluding hydrogens is 366 g/mol. The van der Waals surface area contributed by atoms with E-state index in [4.69, 9.17) is 0 Å². The van der Waals surface area contributed by atoms with Crippen LogP contribution in [-0.4, -0.2) is 4.57 Å². The number of rotatable bonds is 2. The Morgan fingerprint density at radius 3 is 1.77 bits per heavy atom. The van der Waals surface area contributed by atoms with Gasteiger partial charge < -0.3 is 4.57 Å². The standard InChI is InChI=1S/C27H17N3/c1-18-8-2-3-9-21(18)26-19(16-28)14-15-20(17-29)27(26)30-24-12-6-4-10-22(24)23-11-5-7-13-25(23)30/h2-15H,1H3. The highest BCUT2D eigenvalue weighted by molar-refractivity contribution is 6.10. The molecule has 0 saturated carbocycles. The molecule has 1 aromatic heterocycles. The maximum absolute atomic E-state index is 10.0. The quantitative estimate of drug-likeness (QED) is 0.349. The molecule has 0 aliphatic rings. The summed E-state index contributed by atoms with van der Waals surface area (Å²) in [5, 5.41) is 22.2. The molecule has 30 heavy (non-hydrogen) atoms. The van der Waals surface area contributed by atoms with Crippen molar-refractivity contribution in [1.82, 2.24) is 4.57 Å². The second-order valence-electron chi connectivity index (χ2n) is 7.29. The summed E-state index contributed by atoms with van der Waals surface area (Å²) in [5.74, 6) is 0. The number of nitrogens with zero attached hydrogens (tertiary/aromatic N) is 3. The van der Waals surface area contributed by atoms with Crippen molar-refractivity contribution in [2.24, 2.45) is 0 Å². The number of aryl methyl sites for hydroxylation is 1. The molecule has 140 valence electrons. The number of hydrogen-bond acceptors (Lipinski definition) is 2. The van der Waals surface area contributed by atoms with Gasteiger partial charge in [-0.1, -0.05) is 60.7 Å². The van der Waals surface area contributed by atoms with E-state index >= 15 is 0 Å². The van der Waals surface area contributed by atoms with E-state index < -0.39 is 0 Å². The van der Waals surface area contributed by atoms with Crippen LogP contribution < -0.4 is 0 Å². The molecule has 0 unspecified atom stereocenters. The first kappa shape index (κ1) is 17.7. The number of fused-ring (bicyclic) bond motifs is 3. The summed E-state index contributed by atoms with van der Waals surface area (Å²) in [7, 11) is 0. The normalized spacial score (nSPS) is 10.8. The Kier molecular flexibility index (Phi) is 4.09. The predicted octanol–water partition coefficient (Wildman–Crippen LogP) is 6.50. The minimum atomic E-state index is 0.541. The van der Waals surface area contributed by atoms with Crippen LogP contribution in [0.4, 0.5) is 0 Å². The van der Waals surface area contributed by atoms with E-state index in [2.05, 4.69) is 41.0 Å². The summed E-state index contributed by atoms with van der Waals surface area (Å²) in [6, 6.07) is 32.6. The maximum Gasteiger partial charge on any atom is 0.101 e. The highest BCUT2D eigenvalue weighted by Gasteiger charge is 2.22. The van der Waals surface area contributed by atoms with Crippen LogP contribution in [0.25, 0.3) is 38.6 Å². The lowest BCUT2D eigenvalue weighted by molar-refractivity contribution is 1.16. The number of hydrogen-bond donors (Lipinski definition) is 0. The minimum absolute atomic E-state index is 0.541. The van der Waals surface area contributed by atoms with Gasteiger partial charge in [-0.2, -0.15) is 10.5 Å². The van der Waals surface area contributed by atoms with Gasteiger partial charge in [0, 0.05) is 16.3 Å². The molecule has 3 nitrogen and oxygen atoms in total. The first-order chi connectivity index (χ1) is 14.7. The van der Waals surface area contributed by atoms with Gasteiger partial charge in [-0.05, 0) is 42.3 Å². The molecule has 0 aliphatic carbocycles. The van der Waals surface area contributed by atoms with E-state index in [9.17, 15) is 10.5 Å². The van der Waals surface area contributed by atoms with Crippen molar-refractivity contribution in [3.8, 4) is 29.0 Å². The molecule has 1 heterocycles. The third-order valence-electron chi connectivity index (χ3n) is 5.64. The fourth-order valence-corrected chi connectivity index (χ4v) is 4.30. The molecule has 5 aromatic rings. The first-order valence-electron chi connectivity index (χ1n) is 9.76. The van der Waals surface area contributed by atoms with E-state index in [0.29, 0.717) is 11.1 Å². The Labute approximate surface area is 174 Å². The summed E-state index contributed by atoms with van der Waals surface area (Å²) in [5.41, 5.74) is 6.69. The van der Waals surface area contributed by atoms with Gasteiger partial charge in [-0.15, -0.1) is 0 Å². The molecular formula is C27H17N3. The highest BCUT2D eigenvalue weighted by Crippen LogP contribution is 2.40. The lowest BCUT2D eigenvalue weighted by atomic mass is 9.92. The number of para-hydroxylation sites is 2. The van der Waals surface area contributed by atoms with E-state index in [-0.39, 0.29) is 0 Å². The van der Waals surface area contributed by atoms with Crippen LogP contribution in [0.2, 0.25) is 0 Å². The molecule has 0 fully saturated rings. The average molecular weight is 383 g/mol. The smallest absolute Gasteiger partial charge is 0.101 e. The molecule has 3 heteroatoms. The fraction of sp³-hybridized carbons (Fsp3) is 0.0370. The zero-order valence-corrected chi connectivity index (χ0v) is 16.4. The van der Waals surface area contributed by atoms with Crippen LogP contribution in [0.3, 0.4) is 0 Å². The molecule has 4 aromatic carbocycles. The molecule has 0 bridgehead atoms. The van der Waals surface area contributed by atoms with Crippen LogP contribution in [-0.2, 0) is 0 Å². The van der Waals surface area contributed by atoms with Crippen LogP contribution in [0.5, 0.6) is 0 Å². The van der Waals surface area contributed by atoms with Crippen molar-refractivity contribution in [2.45, 2.75) is 6.92 Å². The second-order valence-corrected chi connectivity index (χ2v) is 7.29. The van der Waals surface area contributed by atoms with Crippen LogP contribution in [0.15, 0.2) is 84.9 Å². The van der Waals surface area contributed by atoms with E-state index in [1.165, 1.54) is 0 Å². The van der Waals surface area contributed by atoms with Crippen LogP contribution >= 0.6 is 0 Å². The molecule has 0 aliphatic heterocycles. The SMILES string of the molecule is Cc1ccccc1-c1c(C#N)ccc(C#N)c1-n1c2ccccc2c2ccccc21. The largest absolute Gasteiger partial charge is 0.307 e. The Balaban J connectivity index is 2.05. The van der Waals surface area contributed by atoms with Crippen molar-refractivity contribution in [3.63, 3.8) is 0 Å². The lowest BCUT2D eigenvalue weighted by Gasteiger charge is -2.18. The summed E-state index contributed by atoms with van der Waals surface area (Å²) in [4.78, 5) is 0. The number of nitriles is 2. The zero-order valence-electron chi connectivity index (χ0n) is 16.4. The van der Waals surface area contributed by atoms with Crippen LogP contribution in [0, 0.1) is 29.6 Å². The Hall–Kier alpha value is -4.34. The Bertz CT molecular complexity index is 1470. The molecule has 0 saturated heterocycles. The zero-order chi connectivity index (χ0) is 20.7. The Morgan fingerprint density at radius 1 is 0.633 bits per heavy atom. The van der Waals surface area contributed by atoms with Crippen LogP contribution in [0.1, 0.15) is 16.7 Å². The summed E-state index contributed by atoms with van der Waals surface area (Å²) in [6.45, 7) is 2.03. The van der Waals surface area contributed by atoms with E-state index in [0.717, 1.165) is 44.2 Å². The third-order valence-corrected chi connectivity index (χ3v) is 5.64. The number of aromatic nitrogens is 1. The highest BCUT2D eigenvalue weighted by atomic mass is 15.0. The topological polar surface area (TPSA) is 52.5 Å². The van der Waals surface area contributed by atoms with Gasteiger partial charge in [-0.3, -0.25) is 0 Å². The first-order valence-corrected chi connectivity index (χ1v) is 9.76. The van der Waals surface area contributed by atoms with E-state index in [1.807, 2.05) is 55.5 Å². The molecule has 0 spiro atoms. The third kappa shape index (κ3) is 2.50. The molecule has 0 N–H and O–H groups in total. The predicted molar refractivity (Wildman–Crippen MR) is 120 cm³/mol. The summed E-state index contributed by atoms with van der Waals surface area (Å²) in [6.07, 6.45) is 0. The van der Waals surface area contributed by atoms with Crippen molar-refractivity contribution < 1.29 is 0 Å². The van der Waals surface area contributed by atoms with Crippen molar-refractivity contribution in [2.75, 3.05) is 0 Å². The van der Waals surface area contributed by atoms with Gasteiger partial charge in [0.2, 0.25) is 0 Å². The van der Waals surface area contributed by atoms with Gasteiger partial charge in [0.15, 0.2) is 0 Å². The van der Waals surface area contributed by atoms with Gasteiger partial charge in [0.1, 0.15) is 6.07 Å². The molecule has 5 rings (SSSR count). The minimum Gasteiger partial charge on any atom is -0.307 e. The van der Waals surface area contributed by atoms with Crippen molar-refractivity contribution >= 4 is 21.8 Å². The number of benzene rings is 4. The molecule has 0 radical (unpaired) electrons. The van der Waals surface area contributed by atoms with Gasteiger partial charge in [0.25, 0.3) is 0 Å². The molecule has 0 amide bonds. The second kappa shape index (κ2) is 6.92. The van der Waals surface area contributed by atoms with Gasteiger partial charge >= 0.3 is 0 Å².